The number of anilines is 1. The van der Waals surface area contributed by atoms with E-state index in [0.29, 0.717) is 18.0 Å². The van der Waals surface area contributed by atoms with E-state index in [1.165, 1.54) is 10.2 Å². The van der Waals surface area contributed by atoms with Crippen LogP contribution in [-0.2, 0) is 11.3 Å². The van der Waals surface area contributed by atoms with Gasteiger partial charge in [0.1, 0.15) is 11.2 Å². The molecule has 1 aliphatic carbocycles. The quantitative estimate of drug-likeness (QED) is 0.389. The summed E-state index contributed by atoms with van der Waals surface area (Å²) in [6, 6.07) is 16.3. The highest BCUT2D eigenvalue weighted by Gasteiger charge is 2.36. The highest BCUT2D eigenvalue weighted by molar-refractivity contribution is 8.03. The minimum atomic E-state index is 0.0535. The zero-order chi connectivity index (χ0) is 22.9. The first kappa shape index (κ1) is 21.9. The van der Waals surface area contributed by atoms with Gasteiger partial charge in [-0.2, -0.15) is 4.57 Å². The Morgan fingerprint density at radius 1 is 1.12 bits per heavy atom. The second-order valence-corrected chi connectivity index (χ2v) is 9.88. The van der Waals surface area contributed by atoms with Crippen LogP contribution in [0.1, 0.15) is 18.9 Å². The monoisotopic (exact) mass is 476 g/mol. The Balaban J connectivity index is 1.56. The van der Waals surface area contributed by atoms with Gasteiger partial charge in [-0.3, -0.25) is 4.79 Å². The molecule has 2 aromatic carbocycles. The molecule has 168 valence electrons. The normalized spacial score (nSPS) is 17.8. The standard InChI is InChI=1S/C26H26N3O2S2/c1-3-28-19-9-5-7-11-21(19)31-23(28)15-17-25(30)18(26(17)32-14-13-27)16-24-29(4-2)20-10-6-8-12-22(20)33-24/h5-12,15-16H,3-4,13-14,27H2,1-2H3/q+1. The number of ether oxygens (including phenoxy) is 1. The fraction of sp³-hybridized carbons (Fsp3) is 0.231. The number of thiazole rings is 1. The number of aromatic nitrogens is 1. The van der Waals surface area contributed by atoms with Crippen molar-refractivity contribution in [2.75, 3.05) is 23.7 Å². The Bertz CT molecular complexity index is 1340. The highest BCUT2D eigenvalue weighted by atomic mass is 32.2. The van der Waals surface area contributed by atoms with Crippen LogP contribution in [0.3, 0.4) is 0 Å². The van der Waals surface area contributed by atoms with E-state index in [2.05, 4.69) is 47.6 Å². The van der Waals surface area contributed by atoms with Crippen molar-refractivity contribution in [1.29, 1.82) is 0 Å². The molecule has 0 spiro atoms. The van der Waals surface area contributed by atoms with Gasteiger partial charge in [0.15, 0.2) is 11.5 Å². The first-order chi connectivity index (χ1) is 16.2. The third-order valence-corrected chi connectivity index (χ3v) is 8.06. The Labute approximate surface area is 201 Å². The van der Waals surface area contributed by atoms with Crippen molar-refractivity contribution in [3.8, 4) is 5.75 Å². The molecule has 0 unspecified atom stereocenters. The van der Waals surface area contributed by atoms with Crippen LogP contribution in [-0.4, -0.2) is 24.6 Å². The molecule has 0 atom stereocenters. The smallest absolute Gasteiger partial charge is 0.263 e. The molecule has 2 heterocycles. The predicted octanol–water partition coefficient (Wildman–Crippen LogP) is 4.88. The van der Waals surface area contributed by atoms with Gasteiger partial charge in [-0.1, -0.05) is 35.6 Å². The molecule has 2 N–H and O–H groups in total. The van der Waals surface area contributed by atoms with E-state index < -0.39 is 0 Å². The van der Waals surface area contributed by atoms with Crippen molar-refractivity contribution < 1.29 is 14.1 Å². The molecule has 3 aromatic rings. The topological polar surface area (TPSA) is 59.4 Å². The largest absolute Gasteiger partial charge is 0.439 e. The van der Waals surface area contributed by atoms with E-state index in [0.717, 1.165) is 45.8 Å². The van der Waals surface area contributed by atoms with Crippen LogP contribution in [0.4, 0.5) is 5.69 Å². The maximum Gasteiger partial charge on any atom is 0.263 e. The maximum atomic E-state index is 13.3. The van der Waals surface area contributed by atoms with Crippen LogP contribution in [0.15, 0.2) is 76.5 Å². The summed E-state index contributed by atoms with van der Waals surface area (Å²) in [4.78, 5) is 16.4. The fourth-order valence-corrected chi connectivity index (χ4v) is 6.34. The van der Waals surface area contributed by atoms with Gasteiger partial charge in [0, 0.05) is 53.1 Å². The summed E-state index contributed by atoms with van der Waals surface area (Å²) in [5.41, 5.74) is 9.48. The molecule has 33 heavy (non-hydrogen) atoms. The molecule has 5 nitrogen and oxygen atoms in total. The number of ketones is 1. The fourth-order valence-electron chi connectivity index (χ4n) is 4.23. The lowest BCUT2D eigenvalue weighted by Gasteiger charge is -2.24. The molecule has 0 fully saturated rings. The SMILES string of the molecule is CCN1/C(=C\C2=C(SCCN)C(=C\c3sc4ccccc4[n+]3CC)/C2=O)Oc2ccccc21. The Morgan fingerprint density at radius 2 is 1.91 bits per heavy atom. The van der Waals surface area contributed by atoms with Gasteiger partial charge in [-0.05, 0) is 32.0 Å². The van der Waals surface area contributed by atoms with Crippen molar-refractivity contribution in [1.82, 2.24) is 0 Å². The van der Waals surface area contributed by atoms with Crippen LogP contribution in [0.2, 0.25) is 0 Å². The molecule has 1 aromatic heterocycles. The zero-order valence-corrected chi connectivity index (χ0v) is 20.3. The zero-order valence-electron chi connectivity index (χ0n) is 18.7. The second kappa shape index (κ2) is 9.17. The number of Topliss-reactive ketones (excluding diaryl/α,β-unsaturated/α-hetero) is 1. The lowest BCUT2D eigenvalue weighted by molar-refractivity contribution is -0.665. The molecule has 0 saturated heterocycles. The van der Waals surface area contributed by atoms with Crippen molar-refractivity contribution >= 4 is 50.9 Å². The number of carbonyl (C=O) groups is 1. The van der Waals surface area contributed by atoms with E-state index in [-0.39, 0.29) is 5.78 Å². The van der Waals surface area contributed by atoms with Gasteiger partial charge in [-0.15, -0.1) is 11.8 Å². The van der Waals surface area contributed by atoms with Crippen LogP contribution >= 0.6 is 23.1 Å². The predicted molar refractivity (Wildman–Crippen MR) is 137 cm³/mol. The molecule has 0 amide bonds. The van der Waals surface area contributed by atoms with Crippen molar-refractivity contribution in [3.63, 3.8) is 0 Å². The van der Waals surface area contributed by atoms with Crippen LogP contribution < -0.4 is 19.9 Å². The van der Waals surface area contributed by atoms with E-state index in [1.54, 1.807) is 23.1 Å². The molecule has 7 heteroatoms. The van der Waals surface area contributed by atoms with Crippen LogP contribution in [0.5, 0.6) is 5.75 Å². The molecule has 5 rings (SSSR count). The third kappa shape index (κ3) is 3.80. The summed E-state index contributed by atoms with van der Waals surface area (Å²) in [6.07, 6.45) is 3.93. The van der Waals surface area contributed by atoms with Gasteiger partial charge in [0.05, 0.1) is 5.69 Å². The molecule has 0 saturated carbocycles. The summed E-state index contributed by atoms with van der Waals surface area (Å²) in [7, 11) is 0. The number of nitrogens with zero attached hydrogens (tertiary/aromatic N) is 2. The number of para-hydroxylation sites is 3. The van der Waals surface area contributed by atoms with Gasteiger partial charge in [0.2, 0.25) is 11.4 Å². The number of fused-ring (bicyclic) bond motifs is 2. The Morgan fingerprint density at radius 3 is 2.70 bits per heavy atom. The molecular formula is C26H26N3O2S2+. The maximum absolute atomic E-state index is 13.3. The van der Waals surface area contributed by atoms with Crippen molar-refractivity contribution in [2.24, 2.45) is 5.73 Å². The van der Waals surface area contributed by atoms with Gasteiger partial charge >= 0.3 is 0 Å². The minimum absolute atomic E-state index is 0.0535. The molecular weight excluding hydrogens is 450 g/mol. The number of allylic oxidation sites excluding steroid dienone is 3. The average molecular weight is 477 g/mol. The number of hydrogen-bond donors (Lipinski definition) is 1. The van der Waals surface area contributed by atoms with Crippen LogP contribution in [0.25, 0.3) is 16.3 Å². The van der Waals surface area contributed by atoms with E-state index >= 15 is 0 Å². The summed E-state index contributed by atoms with van der Waals surface area (Å²) >= 11 is 3.35. The van der Waals surface area contributed by atoms with Crippen molar-refractivity contribution in [3.05, 3.63) is 81.5 Å². The van der Waals surface area contributed by atoms with Crippen molar-refractivity contribution in [2.45, 2.75) is 20.4 Å². The highest BCUT2D eigenvalue weighted by Crippen LogP contribution is 2.44. The summed E-state index contributed by atoms with van der Waals surface area (Å²) < 4.78 is 9.57. The van der Waals surface area contributed by atoms with Gasteiger partial charge < -0.3 is 15.4 Å². The van der Waals surface area contributed by atoms with Crippen LogP contribution in [0, 0.1) is 0 Å². The number of rotatable bonds is 7. The lowest BCUT2D eigenvalue weighted by Crippen LogP contribution is -2.34. The first-order valence-electron chi connectivity index (χ1n) is 11.2. The summed E-state index contributed by atoms with van der Waals surface area (Å²) in [5.74, 6) is 2.32. The molecule has 0 bridgehead atoms. The summed E-state index contributed by atoms with van der Waals surface area (Å²) in [5, 5.41) is 1.08. The number of aryl methyl sites for hydroxylation is 1. The third-order valence-electron chi connectivity index (χ3n) is 5.78. The lowest BCUT2D eigenvalue weighted by atomic mass is 9.89. The van der Waals surface area contributed by atoms with Gasteiger partial charge in [0.25, 0.3) is 5.01 Å². The molecule has 0 radical (unpaired) electrons. The van der Waals surface area contributed by atoms with E-state index in [1.807, 2.05) is 36.4 Å². The molecule has 2 aliphatic rings. The molecule has 1 aliphatic heterocycles. The number of thioether (sulfide) groups is 1. The van der Waals surface area contributed by atoms with Gasteiger partial charge in [-0.25, -0.2) is 0 Å². The van der Waals surface area contributed by atoms with E-state index in [9.17, 15) is 4.79 Å². The number of benzene rings is 2. The Hall–Kier alpha value is -2.87. The number of hydrogen-bond acceptors (Lipinski definition) is 6. The first-order valence-corrected chi connectivity index (χ1v) is 13.0. The average Bonchev–Trinajstić information content (AvgIpc) is 3.39. The number of carbonyl (C=O) groups excluding carboxylic acids is 1. The Kier molecular flexibility index (Phi) is 6.10. The second-order valence-electron chi connectivity index (χ2n) is 7.72. The summed E-state index contributed by atoms with van der Waals surface area (Å²) in [6.45, 7) is 6.38. The minimum Gasteiger partial charge on any atom is -0.439 e. The van der Waals surface area contributed by atoms with E-state index in [4.69, 9.17) is 10.5 Å². The number of nitrogens with two attached hydrogens (primary N) is 1.